The minimum Gasteiger partial charge on any atom is -0.480 e. The topological polar surface area (TPSA) is 95.9 Å². The number of nitrogens with zero attached hydrogens (tertiary/aromatic N) is 1. The largest absolute Gasteiger partial charge is 0.480 e. The van der Waals surface area contributed by atoms with E-state index in [1.807, 2.05) is 24.3 Å². The van der Waals surface area contributed by atoms with Crippen LogP contribution in [0.3, 0.4) is 0 Å². The summed E-state index contributed by atoms with van der Waals surface area (Å²) in [6.45, 7) is 0.541. The molecule has 8 heteroatoms. The molecule has 2 fully saturated rings. The van der Waals surface area contributed by atoms with Crippen molar-refractivity contribution in [2.75, 3.05) is 24.7 Å². The van der Waals surface area contributed by atoms with Gasteiger partial charge in [-0.1, -0.05) is 55.0 Å². The maximum Gasteiger partial charge on any atom is 0.407 e. The van der Waals surface area contributed by atoms with Crippen LogP contribution >= 0.6 is 11.8 Å². The molecule has 1 saturated heterocycles. The average Bonchev–Trinajstić information content (AvgIpc) is 3.14. The first-order valence-electron chi connectivity index (χ1n) is 11.8. The first-order chi connectivity index (χ1) is 16.5. The predicted octanol–water partition coefficient (Wildman–Crippen LogP) is 3.72. The second-order valence-corrected chi connectivity index (χ2v) is 10.2. The summed E-state index contributed by atoms with van der Waals surface area (Å²) in [4.78, 5) is 39.3. The Morgan fingerprint density at radius 1 is 1.06 bits per heavy atom. The van der Waals surface area contributed by atoms with E-state index < -0.39 is 24.1 Å². The second kappa shape index (κ2) is 9.70. The average molecular weight is 481 g/mol. The molecule has 2 atom stereocenters. The number of benzene rings is 2. The van der Waals surface area contributed by atoms with Gasteiger partial charge in [0.2, 0.25) is 5.91 Å². The van der Waals surface area contributed by atoms with Gasteiger partial charge < -0.3 is 20.1 Å². The summed E-state index contributed by atoms with van der Waals surface area (Å²) in [5.41, 5.74) is 4.55. The van der Waals surface area contributed by atoms with Crippen molar-refractivity contribution in [1.82, 2.24) is 10.2 Å². The smallest absolute Gasteiger partial charge is 0.407 e. The highest BCUT2D eigenvalue weighted by molar-refractivity contribution is 7.99. The molecule has 2 aromatic rings. The number of amides is 2. The summed E-state index contributed by atoms with van der Waals surface area (Å²) >= 11 is 1.53. The van der Waals surface area contributed by atoms with Crippen molar-refractivity contribution in [3.05, 3.63) is 59.7 Å². The van der Waals surface area contributed by atoms with Crippen LogP contribution in [0.15, 0.2) is 48.5 Å². The molecular formula is C26H28N2O5S. The number of aliphatic carboxylic acids is 1. The molecule has 2 aromatic carbocycles. The Bertz CT molecular complexity index is 1060. The van der Waals surface area contributed by atoms with Crippen LogP contribution in [-0.2, 0) is 14.3 Å². The zero-order valence-electron chi connectivity index (χ0n) is 18.8. The molecule has 0 aromatic heterocycles. The fraction of sp³-hybridized carbons (Fsp3) is 0.423. The van der Waals surface area contributed by atoms with Crippen molar-refractivity contribution in [3.8, 4) is 11.1 Å². The minimum atomic E-state index is -1.01. The van der Waals surface area contributed by atoms with Crippen molar-refractivity contribution in [3.63, 3.8) is 0 Å². The van der Waals surface area contributed by atoms with Crippen molar-refractivity contribution in [2.24, 2.45) is 5.92 Å². The number of ether oxygens (including phenoxy) is 1. The summed E-state index contributed by atoms with van der Waals surface area (Å²) in [7, 11) is 0. The molecule has 1 aliphatic heterocycles. The first-order valence-corrected chi connectivity index (χ1v) is 12.9. The van der Waals surface area contributed by atoms with E-state index in [4.69, 9.17) is 4.74 Å². The number of rotatable bonds is 6. The van der Waals surface area contributed by atoms with Gasteiger partial charge in [0.15, 0.2) is 0 Å². The van der Waals surface area contributed by atoms with Gasteiger partial charge in [-0.25, -0.2) is 9.59 Å². The third-order valence-electron chi connectivity index (χ3n) is 7.20. The molecule has 3 aliphatic rings. The van der Waals surface area contributed by atoms with Gasteiger partial charge in [-0.3, -0.25) is 4.79 Å². The van der Waals surface area contributed by atoms with E-state index in [0.29, 0.717) is 18.1 Å². The number of alkyl carbamates (subject to hydrolysis) is 1. The van der Waals surface area contributed by atoms with Crippen molar-refractivity contribution >= 4 is 29.7 Å². The molecule has 1 heterocycles. The Morgan fingerprint density at radius 3 is 2.29 bits per heavy atom. The minimum absolute atomic E-state index is 0.0111. The van der Waals surface area contributed by atoms with E-state index >= 15 is 0 Å². The lowest BCUT2D eigenvalue weighted by atomic mass is 9.79. The van der Waals surface area contributed by atoms with Crippen molar-refractivity contribution in [1.29, 1.82) is 0 Å². The lowest BCUT2D eigenvalue weighted by molar-refractivity contribution is -0.151. The van der Waals surface area contributed by atoms with Crippen LogP contribution in [0.25, 0.3) is 11.1 Å². The van der Waals surface area contributed by atoms with Crippen LogP contribution in [0, 0.1) is 5.92 Å². The Hall–Kier alpha value is -3.00. The standard InChI is InChI=1S/C26H28N2O5S/c29-24(28-12-13-34-15-22(28)25(30)31)23(16-6-5-7-16)27-26(32)33-14-21-19-10-3-1-8-17(19)18-9-2-4-11-20(18)21/h1-4,8-11,16,21-23H,5-7,12-15H2,(H,27,32)(H,30,31). The Labute approximate surface area is 202 Å². The van der Waals surface area contributed by atoms with Gasteiger partial charge in [-0.05, 0) is 41.0 Å². The van der Waals surface area contributed by atoms with E-state index in [9.17, 15) is 19.5 Å². The maximum absolute atomic E-state index is 13.4. The summed E-state index contributed by atoms with van der Waals surface area (Å²) in [6, 6.07) is 14.6. The molecule has 1 saturated carbocycles. The highest BCUT2D eigenvalue weighted by atomic mass is 32.2. The molecule has 0 radical (unpaired) electrons. The Morgan fingerprint density at radius 2 is 1.71 bits per heavy atom. The summed E-state index contributed by atoms with van der Waals surface area (Å²) in [6.07, 6.45) is 2.03. The number of hydrogen-bond acceptors (Lipinski definition) is 5. The van der Waals surface area contributed by atoms with Gasteiger partial charge in [0.05, 0.1) is 0 Å². The van der Waals surface area contributed by atoms with E-state index in [1.54, 1.807) is 0 Å². The molecule has 0 spiro atoms. The normalized spacial score (nSPS) is 20.6. The van der Waals surface area contributed by atoms with E-state index in [2.05, 4.69) is 29.6 Å². The Balaban J connectivity index is 1.28. The van der Waals surface area contributed by atoms with E-state index in [1.165, 1.54) is 16.7 Å². The predicted molar refractivity (Wildman–Crippen MR) is 130 cm³/mol. The van der Waals surface area contributed by atoms with Gasteiger partial charge >= 0.3 is 12.1 Å². The van der Waals surface area contributed by atoms with Crippen molar-refractivity contribution < 1.29 is 24.2 Å². The number of carboxylic acid groups (broad SMARTS) is 1. The molecule has 34 heavy (non-hydrogen) atoms. The summed E-state index contributed by atoms with van der Waals surface area (Å²) in [5, 5.41) is 12.4. The van der Waals surface area contributed by atoms with Crippen LogP contribution in [0.4, 0.5) is 4.79 Å². The molecule has 7 nitrogen and oxygen atoms in total. The lowest BCUT2D eigenvalue weighted by Gasteiger charge is -2.39. The van der Waals surface area contributed by atoms with Gasteiger partial charge in [0, 0.05) is 24.0 Å². The van der Waals surface area contributed by atoms with Crippen LogP contribution in [0.2, 0.25) is 0 Å². The van der Waals surface area contributed by atoms with Crippen LogP contribution in [-0.4, -0.2) is 64.7 Å². The molecule has 0 bridgehead atoms. The number of thioether (sulfide) groups is 1. The van der Waals surface area contributed by atoms with Gasteiger partial charge in [0.1, 0.15) is 18.7 Å². The SMILES string of the molecule is O=C(NC(C(=O)N1CCSCC1C(=O)O)C1CCC1)OCC1c2ccccc2-c2ccccc21. The van der Waals surface area contributed by atoms with Crippen molar-refractivity contribution in [2.45, 2.75) is 37.3 Å². The van der Waals surface area contributed by atoms with Gasteiger partial charge in [-0.15, -0.1) is 0 Å². The highest BCUT2D eigenvalue weighted by Crippen LogP contribution is 2.44. The number of carbonyl (C=O) groups is 3. The Kier molecular flexibility index (Phi) is 6.50. The van der Waals surface area contributed by atoms with Crippen LogP contribution in [0.5, 0.6) is 0 Å². The molecule has 2 unspecified atom stereocenters. The third kappa shape index (κ3) is 4.27. The zero-order valence-corrected chi connectivity index (χ0v) is 19.6. The molecular weight excluding hydrogens is 452 g/mol. The highest BCUT2D eigenvalue weighted by Gasteiger charge is 2.41. The molecule has 178 valence electrons. The van der Waals surface area contributed by atoms with Crippen LogP contribution < -0.4 is 5.32 Å². The fourth-order valence-electron chi connectivity index (χ4n) is 5.17. The zero-order chi connectivity index (χ0) is 23.7. The second-order valence-electron chi connectivity index (χ2n) is 9.10. The number of carbonyl (C=O) groups excluding carboxylic acids is 2. The lowest BCUT2D eigenvalue weighted by Crippen LogP contribution is -2.59. The van der Waals surface area contributed by atoms with Gasteiger partial charge in [-0.2, -0.15) is 11.8 Å². The number of fused-ring (bicyclic) bond motifs is 3. The molecule has 2 amide bonds. The fourth-order valence-corrected chi connectivity index (χ4v) is 6.21. The molecule has 5 rings (SSSR count). The van der Waals surface area contributed by atoms with E-state index in [-0.39, 0.29) is 24.3 Å². The number of hydrogen-bond donors (Lipinski definition) is 2. The first kappa shape index (κ1) is 22.8. The summed E-state index contributed by atoms with van der Waals surface area (Å²) < 4.78 is 5.66. The van der Waals surface area contributed by atoms with Crippen LogP contribution in [0.1, 0.15) is 36.3 Å². The van der Waals surface area contributed by atoms with E-state index in [0.717, 1.165) is 41.5 Å². The molecule has 2 N–H and O–H groups in total. The van der Waals surface area contributed by atoms with Gasteiger partial charge in [0.25, 0.3) is 0 Å². The summed E-state index contributed by atoms with van der Waals surface area (Å²) in [5.74, 6) is -0.315. The maximum atomic E-state index is 13.4. The molecule has 2 aliphatic carbocycles. The number of carboxylic acids is 1. The quantitative estimate of drug-likeness (QED) is 0.654. The third-order valence-corrected chi connectivity index (χ3v) is 8.22. The number of nitrogens with one attached hydrogen (secondary N) is 1. The monoisotopic (exact) mass is 480 g/mol.